The summed E-state index contributed by atoms with van der Waals surface area (Å²) in [6.45, 7) is 0.128. The van der Waals surface area contributed by atoms with Crippen molar-refractivity contribution in [2.45, 2.75) is 6.54 Å². The molecular weight excluding hydrogens is 262 g/mol. The first kappa shape index (κ1) is 14.0. The fourth-order valence-corrected chi connectivity index (χ4v) is 1.85. The third-order valence-corrected chi connectivity index (χ3v) is 2.95. The molecule has 0 radical (unpaired) electrons. The number of carbonyl (C=O) groups excluding carboxylic acids is 1. The second kappa shape index (κ2) is 5.69. The van der Waals surface area contributed by atoms with Crippen molar-refractivity contribution in [3.05, 3.63) is 65.2 Å². The maximum atomic E-state index is 13.5. The van der Waals surface area contributed by atoms with Gasteiger partial charge in [0.05, 0.1) is 5.69 Å². The monoisotopic (exact) mass is 276 g/mol. The Morgan fingerprint density at radius 3 is 2.50 bits per heavy atom. The smallest absolute Gasteiger partial charge is 0.253 e. The third-order valence-electron chi connectivity index (χ3n) is 2.95. The molecule has 2 N–H and O–H groups in total. The molecule has 104 valence electrons. The van der Waals surface area contributed by atoms with E-state index in [1.807, 2.05) is 0 Å². The van der Waals surface area contributed by atoms with E-state index in [4.69, 9.17) is 5.73 Å². The summed E-state index contributed by atoms with van der Waals surface area (Å²) in [6, 6.07) is 10.00. The number of amides is 1. The molecule has 0 bridgehead atoms. The van der Waals surface area contributed by atoms with Gasteiger partial charge in [-0.3, -0.25) is 4.79 Å². The Kier molecular flexibility index (Phi) is 3.98. The number of benzene rings is 2. The van der Waals surface area contributed by atoms with Crippen LogP contribution in [0, 0.1) is 11.6 Å². The first-order valence-corrected chi connectivity index (χ1v) is 6.03. The third kappa shape index (κ3) is 2.93. The Labute approximate surface area is 115 Å². The lowest BCUT2D eigenvalue weighted by Gasteiger charge is -2.18. The number of nitrogens with two attached hydrogens (primary N) is 1. The van der Waals surface area contributed by atoms with E-state index in [0.29, 0.717) is 5.56 Å². The summed E-state index contributed by atoms with van der Waals surface area (Å²) in [6.07, 6.45) is 0. The van der Waals surface area contributed by atoms with Gasteiger partial charge in [0.1, 0.15) is 11.6 Å². The molecule has 20 heavy (non-hydrogen) atoms. The van der Waals surface area contributed by atoms with Crippen LogP contribution in [-0.4, -0.2) is 17.9 Å². The maximum Gasteiger partial charge on any atom is 0.253 e. The minimum absolute atomic E-state index is 0.0878. The van der Waals surface area contributed by atoms with Gasteiger partial charge >= 0.3 is 0 Å². The van der Waals surface area contributed by atoms with Crippen LogP contribution in [0.3, 0.4) is 0 Å². The number of carbonyl (C=O) groups is 1. The van der Waals surface area contributed by atoms with Crippen molar-refractivity contribution in [3.63, 3.8) is 0 Å². The zero-order valence-electron chi connectivity index (χ0n) is 10.9. The molecule has 0 aromatic heterocycles. The summed E-state index contributed by atoms with van der Waals surface area (Å²) in [5.74, 6) is -1.29. The molecule has 0 atom stereocenters. The van der Waals surface area contributed by atoms with Crippen molar-refractivity contribution in [2.75, 3.05) is 12.8 Å². The van der Waals surface area contributed by atoms with Crippen molar-refractivity contribution < 1.29 is 13.6 Å². The van der Waals surface area contributed by atoms with Crippen molar-refractivity contribution in [1.29, 1.82) is 0 Å². The minimum atomic E-state index is -0.571. The number of nitrogens with zero attached hydrogens (tertiary/aromatic N) is 1. The van der Waals surface area contributed by atoms with E-state index >= 15 is 0 Å². The van der Waals surface area contributed by atoms with Crippen LogP contribution in [-0.2, 0) is 6.54 Å². The molecule has 2 aromatic carbocycles. The fraction of sp³-hybridized carbons (Fsp3) is 0.133. The van der Waals surface area contributed by atoms with Crippen LogP contribution >= 0.6 is 0 Å². The van der Waals surface area contributed by atoms with Gasteiger partial charge < -0.3 is 10.6 Å². The van der Waals surface area contributed by atoms with Crippen LogP contribution in [0.1, 0.15) is 15.9 Å². The number of hydrogen-bond donors (Lipinski definition) is 1. The predicted molar refractivity (Wildman–Crippen MR) is 73.0 cm³/mol. The predicted octanol–water partition coefficient (Wildman–Crippen LogP) is 2.82. The summed E-state index contributed by atoms with van der Waals surface area (Å²) in [7, 11) is 1.55. The Bertz CT molecular complexity index is 644. The molecule has 0 aliphatic heterocycles. The van der Waals surface area contributed by atoms with Crippen molar-refractivity contribution >= 4 is 11.6 Å². The topological polar surface area (TPSA) is 46.3 Å². The quantitative estimate of drug-likeness (QED) is 0.876. The second-order valence-corrected chi connectivity index (χ2v) is 4.49. The molecular formula is C15H14F2N2O. The van der Waals surface area contributed by atoms with E-state index in [0.717, 1.165) is 6.07 Å². The molecule has 0 aliphatic rings. The minimum Gasteiger partial charge on any atom is -0.396 e. The molecule has 0 fully saturated rings. The standard InChI is InChI=1S/C15H14F2N2O/c1-19(9-11-4-2-3-5-12(11)16)15(20)10-6-7-13(17)14(18)8-10/h2-8H,9,18H2,1H3. The van der Waals surface area contributed by atoms with Crippen molar-refractivity contribution in [1.82, 2.24) is 4.90 Å². The average molecular weight is 276 g/mol. The van der Waals surface area contributed by atoms with Crippen molar-refractivity contribution in [3.8, 4) is 0 Å². The lowest BCUT2D eigenvalue weighted by atomic mass is 10.1. The SMILES string of the molecule is CN(Cc1ccccc1F)C(=O)c1ccc(F)c(N)c1. The van der Waals surface area contributed by atoms with Gasteiger partial charge in [-0.25, -0.2) is 8.78 Å². The van der Waals surface area contributed by atoms with Crippen LogP contribution in [0.2, 0.25) is 0 Å². The summed E-state index contributed by atoms with van der Waals surface area (Å²) < 4.78 is 26.6. The Morgan fingerprint density at radius 1 is 1.15 bits per heavy atom. The zero-order chi connectivity index (χ0) is 14.7. The molecule has 0 saturated heterocycles. The Morgan fingerprint density at radius 2 is 1.85 bits per heavy atom. The highest BCUT2D eigenvalue weighted by Crippen LogP contribution is 2.15. The van der Waals surface area contributed by atoms with E-state index in [9.17, 15) is 13.6 Å². The summed E-state index contributed by atoms with van der Waals surface area (Å²) in [5, 5.41) is 0. The Hall–Kier alpha value is -2.43. The van der Waals surface area contributed by atoms with Gasteiger partial charge in [0.2, 0.25) is 0 Å². The average Bonchev–Trinajstić information content (AvgIpc) is 2.43. The summed E-state index contributed by atoms with van der Waals surface area (Å²) in [5.41, 5.74) is 6.02. The molecule has 0 spiro atoms. The first-order chi connectivity index (χ1) is 9.49. The van der Waals surface area contributed by atoms with E-state index in [1.54, 1.807) is 25.2 Å². The van der Waals surface area contributed by atoms with Gasteiger partial charge in [-0.2, -0.15) is 0 Å². The number of hydrogen-bond acceptors (Lipinski definition) is 2. The lowest BCUT2D eigenvalue weighted by molar-refractivity contribution is 0.0784. The summed E-state index contributed by atoms with van der Waals surface area (Å²) >= 11 is 0. The molecule has 5 heteroatoms. The van der Waals surface area contributed by atoms with Crippen molar-refractivity contribution in [2.24, 2.45) is 0 Å². The van der Waals surface area contributed by atoms with Crippen LogP contribution in [0.15, 0.2) is 42.5 Å². The highest BCUT2D eigenvalue weighted by atomic mass is 19.1. The highest BCUT2D eigenvalue weighted by molar-refractivity contribution is 5.94. The number of rotatable bonds is 3. The van der Waals surface area contributed by atoms with Gasteiger partial charge in [0.25, 0.3) is 5.91 Å². The van der Waals surface area contributed by atoms with Crippen LogP contribution in [0.4, 0.5) is 14.5 Å². The molecule has 3 nitrogen and oxygen atoms in total. The second-order valence-electron chi connectivity index (χ2n) is 4.49. The van der Waals surface area contributed by atoms with Crippen LogP contribution < -0.4 is 5.73 Å². The zero-order valence-corrected chi connectivity index (χ0v) is 10.9. The molecule has 0 heterocycles. The highest BCUT2D eigenvalue weighted by Gasteiger charge is 2.14. The van der Waals surface area contributed by atoms with Gasteiger partial charge in [-0.05, 0) is 24.3 Å². The number of halogens is 2. The molecule has 0 unspecified atom stereocenters. The lowest BCUT2D eigenvalue weighted by Crippen LogP contribution is -2.26. The van der Waals surface area contributed by atoms with E-state index in [1.165, 1.54) is 23.1 Å². The van der Waals surface area contributed by atoms with Gasteiger partial charge in [0.15, 0.2) is 0 Å². The largest absolute Gasteiger partial charge is 0.396 e. The molecule has 0 saturated carbocycles. The van der Waals surface area contributed by atoms with Crippen LogP contribution in [0.5, 0.6) is 0 Å². The fourth-order valence-electron chi connectivity index (χ4n) is 1.85. The molecule has 2 aromatic rings. The number of anilines is 1. The van der Waals surface area contributed by atoms with E-state index < -0.39 is 5.82 Å². The normalized spacial score (nSPS) is 10.3. The molecule has 1 amide bonds. The first-order valence-electron chi connectivity index (χ1n) is 6.03. The molecule has 2 rings (SSSR count). The molecule has 0 aliphatic carbocycles. The number of nitrogen functional groups attached to an aromatic ring is 1. The van der Waals surface area contributed by atoms with Crippen LogP contribution in [0.25, 0.3) is 0 Å². The Balaban J connectivity index is 2.16. The summed E-state index contributed by atoms with van der Waals surface area (Å²) in [4.78, 5) is 13.5. The van der Waals surface area contributed by atoms with Gasteiger partial charge in [0, 0.05) is 24.7 Å². The van der Waals surface area contributed by atoms with Gasteiger partial charge in [-0.1, -0.05) is 18.2 Å². The van der Waals surface area contributed by atoms with Gasteiger partial charge in [-0.15, -0.1) is 0 Å². The van der Waals surface area contributed by atoms with E-state index in [-0.39, 0.29) is 29.5 Å². The maximum absolute atomic E-state index is 13.5. The van der Waals surface area contributed by atoms with E-state index in [2.05, 4.69) is 0 Å².